The van der Waals surface area contributed by atoms with Crippen LogP contribution in [-0.2, 0) is 0 Å². The molecule has 1 aliphatic rings. The fourth-order valence-electron chi connectivity index (χ4n) is 1.07. The van der Waals surface area contributed by atoms with E-state index >= 15 is 0 Å². The molecule has 0 saturated carbocycles. The van der Waals surface area contributed by atoms with Gasteiger partial charge < -0.3 is 5.73 Å². The Kier molecular flexibility index (Phi) is 1.80. The lowest BCUT2D eigenvalue weighted by molar-refractivity contribution is 0.176. The van der Waals surface area contributed by atoms with E-state index in [9.17, 15) is 0 Å². The topological polar surface area (TPSA) is 29.3 Å². The highest BCUT2D eigenvalue weighted by atomic mass is 32.1. The molecule has 0 unspecified atom stereocenters. The zero-order chi connectivity index (χ0) is 6.15. The van der Waals surface area contributed by atoms with Crippen molar-refractivity contribution in [2.75, 3.05) is 6.54 Å². The van der Waals surface area contributed by atoms with Gasteiger partial charge in [-0.2, -0.15) is 0 Å². The quantitative estimate of drug-likeness (QED) is 0.501. The van der Waals surface area contributed by atoms with Gasteiger partial charge in [0.2, 0.25) is 0 Å². The lowest BCUT2D eigenvalue weighted by atomic mass is 9.99. The predicted octanol–water partition coefficient (Wildman–Crippen LogP) is 0.253. The van der Waals surface area contributed by atoms with Crippen LogP contribution in [0.25, 0.3) is 0 Å². The van der Waals surface area contributed by atoms with E-state index in [2.05, 4.69) is 19.7 Å². The van der Waals surface area contributed by atoms with Crippen molar-refractivity contribution in [2.45, 2.75) is 25.4 Å². The van der Waals surface area contributed by atoms with Gasteiger partial charge >= 0.3 is 0 Å². The lowest BCUT2D eigenvalue weighted by Gasteiger charge is -2.42. The maximum atomic E-state index is 5.63. The Morgan fingerprint density at radius 3 is 2.62 bits per heavy atom. The third-order valence-corrected chi connectivity index (χ3v) is 2.15. The summed E-state index contributed by atoms with van der Waals surface area (Å²) in [4.78, 5) is 0. The summed E-state index contributed by atoms with van der Waals surface area (Å²) in [6.07, 6.45) is 1.12. The molecule has 0 radical (unpaired) electrons. The zero-order valence-electron chi connectivity index (χ0n) is 5.04. The van der Waals surface area contributed by atoms with E-state index in [1.54, 1.807) is 0 Å². The number of hydrogen-bond acceptors (Lipinski definition) is 3. The second-order valence-corrected chi connectivity index (χ2v) is 2.78. The zero-order valence-corrected chi connectivity index (χ0v) is 5.94. The van der Waals surface area contributed by atoms with Crippen LogP contribution >= 0.6 is 12.8 Å². The van der Waals surface area contributed by atoms with E-state index in [0.29, 0.717) is 12.1 Å². The van der Waals surface area contributed by atoms with Gasteiger partial charge in [-0.3, -0.25) is 0 Å². The number of nitrogens with two attached hydrogens (primary N) is 1. The number of hydrogen-bond donors (Lipinski definition) is 2. The summed E-state index contributed by atoms with van der Waals surface area (Å²) in [7, 11) is 0. The van der Waals surface area contributed by atoms with Gasteiger partial charge in [0.25, 0.3) is 0 Å². The molecule has 0 spiro atoms. The third-order valence-electron chi connectivity index (χ3n) is 1.69. The Hall–Kier alpha value is 0.270. The molecule has 1 saturated heterocycles. The Labute approximate surface area is 55.6 Å². The van der Waals surface area contributed by atoms with Crippen LogP contribution in [0.4, 0.5) is 0 Å². The van der Waals surface area contributed by atoms with Crippen LogP contribution in [0.2, 0.25) is 0 Å². The van der Waals surface area contributed by atoms with Gasteiger partial charge in [-0.1, -0.05) is 19.7 Å². The van der Waals surface area contributed by atoms with Gasteiger partial charge in [-0.05, 0) is 6.42 Å². The molecule has 1 fully saturated rings. The summed E-state index contributed by atoms with van der Waals surface area (Å²) in [5.41, 5.74) is 5.63. The van der Waals surface area contributed by atoms with Crippen LogP contribution in [0.15, 0.2) is 0 Å². The van der Waals surface area contributed by atoms with Crippen molar-refractivity contribution in [3.63, 3.8) is 0 Å². The average molecular weight is 132 g/mol. The lowest BCUT2D eigenvalue weighted by Crippen LogP contribution is -2.59. The van der Waals surface area contributed by atoms with Crippen molar-refractivity contribution < 1.29 is 0 Å². The maximum Gasteiger partial charge on any atom is 0.0362 e. The molecule has 1 heterocycles. The molecular formula is C5H12N2S. The summed E-state index contributed by atoms with van der Waals surface area (Å²) in [5, 5.41) is 0. The first-order valence-electron chi connectivity index (χ1n) is 2.96. The highest BCUT2D eigenvalue weighted by molar-refractivity contribution is 7.77. The van der Waals surface area contributed by atoms with Crippen LogP contribution < -0.4 is 5.73 Å². The van der Waals surface area contributed by atoms with E-state index in [1.165, 1.54) is 0 Å². The molecule has 0 aromatic rings. The first-order valence-corrected chi connectivity index (χ1v) is 3.36. The maximum absolute atomic E-state index is 5.63. The van der Waals surface area contributed by atoms with Crippen molar-refractivity contribution in [1.82, 2.24) is 4.31 Å². The highest BCUT2D eigenvalue weighted by Gasteiger charge is 2.31. The summed E-state index contributed by atoms with van der Waals surface area (Å²) in [5.74, 6) is 0. The molecule has 48 valence electrons. The molecule has 0 aromatic heterocycles. The van der Waals surface area contributed by atoms with Gasteiger partial charge in [-0.25, -0.2) is 4.31 Å². The Balaban J connectivity index is 2.29. The minimum absolute atomic E-state index is 0.373. The summed E-state index contributed by atoms with van der Waals surface area (Å²) < 4.78 is 1.99. The summed E-state index contributed by atoms with van der Waals surface area (Å²) in [6, 6.07) is 0.899. The van der Waals surface area contributed by atoms with Crippen LogP contribution in [0.5, 0.6) is 0 Å². The van der Waals surface area contributed by atoms with Crippen molar-refractivity contribution in [2.24, 2.45) is 5.73 Å². The van der Waals surface area contributed by atoms with E-state index in [-0.39, 0.29) is 0 Å². The third kappa shape index (κ3) is 0.855. The fourth-order valence-corrected chi connectivity index (χ4v) is 1.59. The minimum Gasteiger partial charge on any atom is -0.325 e. The number of thiol groups is 1. The molecule has 1 rings (SSSR count). The van der Waals surface area contributed by atoms with Crippen LogP contribution in [-0.4, -0.2) is 22.9 Å². The van der Waals surface area contributed by atoms with Crippen molar-refractivity contribution in [3.8, 4) is 0 Å². The largest absolute Gasteiger partial charge is 0.325 e. The SMILES string of the molecule is CC[C@@H]1[C@H](N)CN1S. The smallest absolute Gasteiger partial charge is 0.0362 e. The molecule has 0 aromatic carbocycles. The van der Waals surface area contributed by atoms with Gasteiger partial charge in [0, 0.05) is 18.6 Å². The van der Waals surface area contributed by atoms with Gasteiger partial charge in [0.15, 0.2) is 0 Å². The predicted molar refractivity (Wildman–Crippen MR) is 37.7 cm³/mol. The van der Waals surface area contributed by atoms with Crippen molar-refractivity contribution in [1.29, 1.82) is 0 Å². The summed E-state index contributed by atoms with van der Waals surface area (Å²) in [6.45, 7) is 3.08. The minimum atomic E-state index is 0.373. The first kappa shape index (κ1) is 6.39. The Morgan fingerprint density at radius 1 is 1.88 bits per heavy atom. The molecule has 2 nitrogen and oxygen atoms in total. The molecule has 2 atom stereocenters. The van der Waals surface area contributed by atoms with Crippen molar-refractivity contribution >= 4 is 12.8 Å². The second-order valence-electron chi connectivity index (χ2n) is 2.26. The molecular weight excluding hydrogens is 120 g/mol. The molecule has 0 aliphatic carbocycles. The standard InChI is InChI=1S/C5H12N2S/c1-2-5-4(6)3-7(5)8/h4-5,8H,2-3,6H2,1H3/t4-,5-/m1/s1. The number of nitrogens with zero attached hydrogens (tertiary/aromatic N) is 1. The molecule has 0 bridgehead atoms. The Bertz CT molecular complexity index is 78.5. The van der Waals surface area contributed by atoms with E-state index in [4.69, 9.17) is 5.73 Å². The monoisotopic (exact) mass is 132 g/mol. The summed E-state index contributed by atoms with van der Waals surface area (Å²) >= 11 is 4.17. The second kappa shape index (κ2) is 2.25. The first-order chi connectivity index (χ1) is 3.75. The fraction of sp³-hybridized carbons (Fsp3) is 1.00. The normalized spacial score (nSPS) is 39.4. The van der Waals surface area contributed by atoms with Crippen LogP contribution in [0.1, 0.15) is 13.3 Å². The number of rotatable bonds is 1. The van der Waals surface area contributed by atoms with Crippen LogP contribution in [0.3, 0.4) is 0 Å². The molecule has 0 amide bonds. The average Bonchev–Trinajstić information content (AvgIpc) is 1.67. The van der Waals surface area contributed by atoms with E-state index < -0.39 is 0 Å². The highest BCUT2D eigenvalue weighted by Crippen LogP contribution is 2.20. The van der Waals surface area contributed by atoms with Gasteiger partial charge in [-0.15, -0.1) is 0 Å². The molecule has 3 heteroatoms. The van der Waals surface area contributed by atoms with Crippen LogP contribution in [0, 0.1) is 0 Å². The molecule has 8 heavy (non-hydrogen) atoms. The molecule has 2 N–H and O–H groups in total. The van der Waals surface area contributed by atoms with Gasteiger partial charge in [0.1, 0.15) is 0 Å². The van der Waals surface area contributed by atoms with Crippen molar-refractivity contribution in [3.05, 3.63) is 0 Å². The van der Waals surface area contributed by atoms with E-state index in [1.807, 2.05) is 4.31 Å². The van der Waals surface area contributed by atoms with E-state index in [0.717, 1.165) is 13.0 Å². The Morgan fingerprint density at radius 2 is 2.50 bits per heavy atom. The van der Waals surface area contributed by atoms with Gasteiger partial charge in [0.05, 0.1) is 0 Å². The molecule has 1 aliphatic heterocycles.